The van der Waals surface area contributed by atoms with Crippen LogP contribution in [-0.2, 0) is 4.74 Å². The molecule has 1 unspecified atom stereocenters. The number of hydrogen-bond donors (Lipinski definition) is 0. The monoisotopic (exact) mass is 479 g/mol. The SMILES string of the molecule is CCCOc1ccc(C2c3c(oc4cc(C)c(C)cc4c3=O)C(=O)N2CCCOC)cc1OCC. The predicted octanol–water partition coefficient (Wildman–Crippen LogP) is 5.18. The van der Waals surface area contributed by atoms with E-state index in [4.69, 9.17) is 18.6 Å². The quantitative estimate of drug-likeness (QED) is 0.373. The molecule has 1 aliphatic rings. The molecule has 0 N–H and O–H groups in total. The van der Waals surface area contributed by atoms with E-state index in [1.54, 1.807) is 12.0 Å². The fourth-order valence-electron chi connectivity index (χ4n) is 4.53. The number of nitrogens with zero attached hydrogens (tertiary/aromatic N) is 1. The second kappa shape index (κ2) is 10.5. The minimum atomic E-state index is -0.587. The lowest BCUT2D eigenvalue weighted by Crippen LogP contribution is -2.31. The number of carbonyl (C=O) groups excluding carboxylic acids is 1. The number of hydrogen-bond acceptors (Lipinski definition) is 6. The highest BCUT2D eigenvalue weighted by molar-refractivity contribution is 5.99. The van der Waals surface area contributed by atoms with Crippen LogP contribution in [0.3, 0.4) is 0 Å². The number of aryl methyl sites for hydroxylation is 2. The molecule has 7 heteroatoms. The molecule has 1 atom stereocenters. The van der Waals surface area contributed by atoms with Crippen molar-refractivity contribution in [1.29, 1.82) is 0 Å². The summed E-state index contributed by atoms with van der Waals surface area (Å²) in [4.78, 5) is 29.0. The van der Waals surface area contributed by atoms with Gasteiger partial charge in [-0.2, -0.15) is 0 Å². The van der Waals surface area contributed by atoms with Crippen molar-refractivity contribution >= 4 is 16.9 Å². The van der Waals surface area contributed by atoms with Crippen LogP contribution in [0.5, 0.6) is 11.5 Å². The molecule has 186 valence electrons. The summed E-state index contributed by atoms with van der Waals surface area (Å²) in [5.41, 5.74) is 3.40. The summed E-state index contributed by atoms with van der Waals surface area (Å²) < 4.78 is 23.0. The number of carbonyl (C=O) groups is 1. The van der Waals surface area contributed by atoms with Gasteiger partial charge in [0.2, 0.25) is 5.76 Å². The van der Waals surface area contributed by atoms with E-state index in [1.165, 1.54) is 0 Å². The van der Waals surface area contributed by atoms with Crippen molar-refractivity contribution in [3.8, 4) is 11.5 Å². The van der Waals surface area contributed by atoms with Crippen LogP contribution in [-0.4, -0.2) is 44.3 Å². The van der Waals surface area contributed by atoms with Crippen LogP contribution in [0.2, 0.25) is 0 Å². The Morgan fingerprint density at radius 1 is 0.971 bits per heavy atom. The molecule has 35 heavy (non-hydrogen) atoms. The molecule has 2 aromatic carbocycles. The molecule has 0 bridgehead atoms. The van der Waals surface area contributed by atoms with E-state index < -0.39 is 6.04 Å². The molecule has 7 nitrogen and oxygen atoms in total. The van der Waals surface area contributed by atoms with E-state index in [-0.39, 0.29) is 17.1 Å². The molecule has 1 amide bonds. The summed E-state index contributed by atoms with van der Waals surface area (Å²) in [5.74, 6) is 1.05. The molecule has 0 spiro atoms. The number of benzene rings is 2. The largest absolute Gasteiger partial charge is 0.490 e. The first-order chi connectivity index (χ1) is 16.9. The Labute approximate surface area is 205 Å². The van der Waals surface area contributed by atoms with E-state index in [9.17, 15) is 9.59 Å². The van der Waals surface area contributed by atoms with Gasteiger partial charge in [-0.05, 0) is 74.6 Å². The third kappa shape index (κ3) is 4.65. The van der Waals surface area contributed by atoms with E-state index in [0.717, 1.165) is 23.1 Å². The van der Waals surface area contributed by atoms with Crippen molar-refractivity contribution < 1.29 is 23.4 Å². The van der Waals surface area contributed by atoms with Crippen LogP contribution >= 0.6 is 0 Å². The van der Waals surface area contributed by atoms with Crippen molar-refractivity contribution in [2.45, 2.75) is 46.6 Å². The number of ether oxygens (including phenoxy) is 3. The Bertz CT molecular complexity index is 1290. The van der Waals surface area contributed by atoms with E-state index in [2.05, 4.69) is 0 Å². The first-order valence-electron chi connectivity index (χ1n) is 12.2. The van der Waals surface area contributed by atoms with Crippen molar-refractivity contribution in [3.63, 3.8) is 0 Å². The second-order valence-electron chi connectivity index (χ2n) is 8.84. The van der Waals surface area contributed by atoms with Crippen LogP contribution in [0.4, 0.5) is 0 Å². The molecular weight excluding hydrogens is 446 g/mol. The summed E-state index contributed by atoms with van der Waals surface area (Å²) in [6, 6.07) is 8.70. The third-order valence-electron chi connectivity index (χ3n) is 6.37. The Kier molecular flexibility index (Phi) is 7.45. The smallest absolute Gasteiger partial charge is 0.290 e. The predicted molar refractivity (Wildman–Crippen MR) is 135 cm³/mol. The summed E-state index contributed by atoms with van der Waals surface area (Å²) in [6.45, 7) is 9.84. The number of amides is 1. The van der Waals surface area contributed by atoms with E-state index >= 15 is 0 Å². The lowest BCUT2D eigenvalue weighted by Gasteiger charge is -2.26. The van der Waals surface area contributed by atoms with Gasteiger partial charge >= 0.3 is 0 Å². The number of methoxy groups -OCH3 is 1. The van der Waals surface area contributed by atoms with Crippen molar-refractivity contribution in [3.05, 3.63) is 68.6 Å². The molecule has 2 heterocycles. The zero-order valence-electron chi connectivity index (χ0n) is 21.1. The highest BCUT2D eigenvalue weighted by atomic mass is 16.5. The molecule has 1 aliphatic heterocycles. The first-order valence-corrected chi connectivity index (χ1v) is 12.2. The Morgan fingerprint density at radius 3 is 2.46 bits per heavy atom. The van der Waals surface area contributed by atoms with Gasteiger partial charge in [0.15, 0.2) is 16.9 Å². The normalized spacial score (nSPS) is 15.1. The zero-order chi connectivity index (χ0) is 25.1. The van der Waals surface area contributed by atoms with E-state index in [0.29, 0.717) is 60.8 Å². The molecule has 0 radical (unpaired) electrons. The topological polar surface area (TPSA) is 78.2 Å². The van der Waals surface area contributed by atoms with Gasteiger partial charge in [0.1, 0.15) is 5.58 Å². The van der Waals surface area contributed by atoms with Crippen molar-refractivity contribution in [2.24, 2.45) is 0 Å². The maximum Gasteiger partial charge on any atom is 0.290 e. The molecule has 0 fully saturated rings. The minimum Gasteiger partial charge on any atom is -0.490 e. The minimum absolute atomic E-state index is 0.109. The van der Waals surface area contributed by atoms with Gasteiger partial charge in [0.05, 0.1) is 30.2 Å². The van der Waals surface area contributed by atoms with Gasteiger partial charge < -0.3 is 23.5 Å². The van der Waals surface area contributed by atoms with Gasteiger partial charge in [-0.25, -0.2) is 0 Å². The van der Waals surface area contributed by atoms with Crippen molar-refractivity contribution in [1.82, 2.24) is 4.90 Å². The maximum atomic E-state index is 13.8. The van der Waals surface area contributed by atoms with Crippen LogP contribution in [0.1, 0.15) is 65.5 Å². The fraction of sp³-hybridized carbons (Fsp3) is 0.429. The molecule has 0 saturated heterocycles. The maximum absolute atomic E-state index is 13.8. The molecule has 0 saturated carbocycles. The average Bonchev–Trinajstić information content (AvgIpc) is 3.12. The third-order valence-corrected chi connectivity index (χ3v) is 6.37. The summed E-state index contributed by atoms with van der Waals surface area (Å²) in [5, 5.41) is 0.483. The summed E-state index contributed by atoms with van der Waals surface area (Å²) in [6.07, 6.45) is 1.51. The van der Waals surface area contributed by atoms with Gasteiger partial charge in [-0.15, -0.1) is 0 Å². The molecule has 4 rings (SSSR count). The van der Waals surface area contributed by atoms with Crippen molar-refractivity contribution in [2.75, 3.05) is 33.5 Å². The number of rotatable bonds is 10. The highest BCUT2D eigenvalue weighted by Crippen LogP contribution is 2.41. The van der Waals surface area contributed by atoms with Crippen LogP contribution in [0, 0.1) is 13.8 Å². The first kappa shape index (κ1) is 24.8. The Balaban J connectivity index is 1.89. The standard InChI is InChI=1S/C28H33NO6/c1-6-12-34-21-10-9-19(16-23(21)33-7-2)25-24-26(30)20-14-17(3)18(4)15-22(20)35-27(24)28(31)29(25)11-8-13-32-5/h9-10,14-16,25H,6-8,11-13H2,1-5H3. The summed E-state index contributed by atoms with van der Waals surface area (Å²) >= 11 is 0. The Hall–Kier alpha value is -3.32. The van der Waals surface area contributed by atoms with Crippen LogP contribution in [0.15, 0.2) is 39.5 Å². The fourth-order valence-corrected chi connectivity index (χ4v) is 4.53. The van der Waals surface area contributed by atoms with E-state index in [1.807, 2.05) is 58.0 Å². The average molecular weight is 480 g/mol. The Morgan fingerprint density at radius 2 is 1.74 bits per heavy atom. The molecule has 1 aromatic heterocycles. The molecular formula is C28H33NO6. The lowest BCUT2D eigenvalue weighted by molar-refractivity contribution is 0.0707. The van der Waals surface area contributed by atoms with Gasteiger partial charge in [0, 0.05) is 20.3 Å². The zero-order valence-corrected chi connectivity index (χ0v) is 21.1. The molecule has 0 aliphatic carbocycles. The molecule has 3 aromatic rings. The number of fused-ring (bicyclic) bond motifs is 2. The highest BCUT2D eigenvalue weighted by Gasteiger charge is 2.42. The van der Waals surface area contributed by atoms with Gasteiger partial charge in [-0.1, -0.05) is 13.0 Å². The van der Waals surface area contributed by atoms with Gasteiger partial charge in [0.25, 0.3) is 5.91 Å². The second-order valence-corrected chi connectivity index (χ2v) is 8.84. The van der Waals surface area contributed by atoms with Gasteiger partial charge in [-0.3, -0.25) is 9.59 Å². The lowest BCUT2D eigenvalue weighted by atomic mass is 9.97. The van der Waals surface area contributed by atoms with Crippen LogP contribution in [0.25, 0.3) is 11.0 Å². The van der Waals surface area contributed by atoms with Crippen LogP contribution < -0.4 is 14.9 Å². The summed E-state index contributed by atoms with van der Waals surface area (Å²) in [7, 11) is 1.63.